The first-order chi connectivity index (χ1) is 14.1. The minimum atomic E-state index is -0.293. The van der Waals surface area contributed by atoms with Gasteiger partial charge >= 0.3 is 0 Å². The van der Waals surface area contributed by atoms with Crippen molar-refractivity contribution in [3.8, 4) is 0 Å². The predicted octanol–water partition coefficient (Wildman–Crippen LogP) is 4.69. The number of anilines is 1. The Morgan fingerprint density at radius 1 is 1.14 bits per heavy atom. The summed E-state index contributed by atoms with van der Waals surface area (Å²) in [4.78, 5) is 29.7. The second kappa shape index (κ2) is 6.83. The molecule has 2 aromatic carbocycles. The molecule has 1 aliphatic rings. The maximum absolute atomic E-state index is 13.1. The molecule has 2 aromatic heterocycles. The third-order valence-corrected chi connectivity index (χ3v) is 6.22. The molecule has 2 N–H and O–H groups in total. The molecule has 0 saturated heterocycles. The third kappa shape index (κ3) is 2.89. The van der Waals surface area contributed by atoms with E-state index in [0.29, 0.717) is 16.8 Å². The van der Waals surface area contributed by atoms with E-state index in [2.05, 4.69) is 15.6 Å². The van der Waals surface area contributed by atoms with Crippen molar-refractivity contribution < 1.29 is 9.59 Å². The smallest absolute Gasteiger partial charge is 0.257 e. The minimum absolute atomic E-state index is 0.128. The summed E-state index contributed by atoms with van der Waals surface area (Å²) in [5.41, 5.74) is 4.76. The molecule has 6 heteroatoms. The van der Waals surface area contributed by atoms with Gasteiger partial charge in [-0.1, -0.05) is 30.3 Å². The predicted molar refractivity (Wildman–Crippen MR) is 115 cm³/mol. The molecular weight excluding hydrogens is 382 g/mol. The number of aromatic nitrogens is 1. The van der Waals surface area contributed by atoms with E-state index < -0.39 is 0 Å². The molecule has 4 aromatic rings. The fourth-order valence-electron chi connectivity index (χ4n) is 3.86. The van der Waals surface area contributed by atoms with Gasteiger partial charge in [-0.15, -0.1) is 11.3 Å². The van der Waals surface area contributed by atoms with Crippen LogP contribution in [0.5, 0.6) is 0 Å². The summed E-state index contributed by atoms with van der Waals surface area (Å²) >= 11 is 1.49. The zero-order chi connectivity index (χ0) is 20.0. The molecule has 3 heterocycles. The average molecular weight is 399 g/mol. The number of rotatable bonds is 3. The van der Waals surface area contributed by atoms with Crippen molar-refractivity contribution in [3.63, 3.8) is 0 Å². The van der Waals surface area contributed by atoms with Gasteiger partial charge in [0.2, 0.25) is 0 Å². The van der Waals surface area contributed by atoms with Gasteiger partial charge in [0, 0.05) is 40.0 Å². The lowest BCUT2D eigenvalue weighted by atomic mass is 9.93. The van der Waals surface area contributed by atoms with Crippen molar-refractivity contribution in [2.24, 2.45) is 0 Å². The molecule has 0 bridgehead atoms. The molecule has 0 fully saturated rings. The van der Waals surface area contributed by atoms with Gasteiger partial charge in [-0.25, -0.2) is 0 Å². The van der Waals surface area contributed by atoms with Crippen LogP contribution in [0.1, 0.15) is 43.4 Å². The van der Waals surface area contributed by atoms with E-state index in [-0.39, 0.29) is 17.9 Å². The Kier molecular flexibility index (Phi) is 4.14. The van der Waals surface area contributed by atoms with Gasteiger partial charge in [-0.05, 0) is 36.2 Å². The standard InChI is InChI=1S/C23H17N3O2S/c1-13-5-2-3-6-14(13)21-20-16(22(27)26-21)7-4-8-18(20)25-23(28)17-12-29-19-11-24-10-9-15(17)19/h2-12,21H,1H3,(H,25,28)(H,26,27). The molecular formula is C23H17N3O2S. The molecule has 29 heavy (non-hydrogen) atoms. The molecule has 1 unspecified atom stereocenters. The molecule has 0 aliphatic carbocycles. The summed E-state index contributed by atoms with van der Waals surface area (Å²) in [7, 11) is 0. The van der Waals surface area contributed by atoms with Crippen LogP contribution in [0, 0.1) is 6.92 Å². The number of carbonyl (C=O) groups is 2. The SMILES string of the molecule is Cc1ccccc1C1NC(=O)c2cccc(NC(=O)c3csc4cnccc34)c21. The number of thiophene rings is 1. The first-order valence-corrected chi connectivity index (χ1v) is 10.1. The van der Waals surface area contributed by atoms with E-state index >= 15 is 0 Å². The van der Waals surface area contributed by atoms with Crippen molar-refractivity contribution in [2.45, 2.75) is 13.0 Å². The van der Waals surface area contributed by atoms with Crippen LogP contribution in [-0.4, -0.2) is 16.8 Å². The monoisotopic (exact) mass is 399 g/mol. The molecule has 2 amide bonds. The molecule has 1 atom stereocenters. The van der Waals surface area contributed by atoms with Crippen molar-refractivity contribution in [1.82, 2.24) is 10.3 Å². The van der Waals surface area contributed by atoms with Crippen LogP contribution >= 0.6 is 11.3 Å². The summed E-state index contributed by atoms with van der Waals surface area (Å²) in [5.74, 6) is -0.324. The Balaban J connectivity index is 1.57. The summed E-state index contributed by atoms with van der Waals surface area (Å²) in [6, 6.07) is 14.9. The van der Waals surface area contributed by atoms with Crippen LogP contribution < -0.4 is 10.6 Å². The first kappa shape index (κ1) is 17.6. The van der Waals surface area contributed by atoms with Crippen LogP contribution in [0.25, 0.3) is 10.1 Å². The number of pyridine rings is 1. The number of nitrogens with zero attached hydrogens (tertiary/aromatic N) is 1. The number of amides is 2. The van der Waals surface area contributed by atoms with E-state index in [1.54, 1.807) is 24.5 Å². The van der Waals surface area contributed by atoms with E-state index in [0.717, 1.165) is 26.8 Å². The molecule has 5 rings (SSSR count). The Labute approximate surface area is 171 Å². The van der Waals surface area contributed by atoms with Gasteiger partial charge in [0.25, 0.3) is 11.8 Å². The molecule has 142 valence electrons. The number of hydrogen-bond acceptors (Lipinski definition) is 4. The summed E-state index contributed by atoms with van der Waals surface area (Å²) in [6.45, 7) is 2.02. The second-order valence-electron chi connectivity index (χ2n) is 7.01. The lowest BCUT2D eigenvalue weighted by Gasteiger charge is -2.18. The van der Waals surface area contributed by atoms with Crippen LogP contribution in [0.3, 0.4) is 0 Å². The zero-order valence-electron chi connectivity index (χ0n) is 15.6. The van der Waals surface area contributed by atoms with Gasteiger partial charge in [0.1, 0.15) is 0 Å². The maximum atomic E-state index is 13.1. The van der Waals surface area contributed by atoms with E-state index in [9.17, 15) is 9.59 Å². The fraction of sp³-hybridized carbons (Fsp3) is 0.0870. The molecule has 0 radical (unpaired) electrons. The van der Waals surface area contributed by atoms with Crippen LogP contribution in [0.15, 0.2) is 66.3 Å². The van der Waals surface area contributed by atoms with Gasteiger partial charge in [0.15, 0.2) is 0 Å². The Morgan fingerprint density at radius 2 is 2.00 bits per heavy atom. The maximum Gasteiger partial charge on any atom is 0.257 e. The lowest BCUT2D eigenvalue weighted by Crippen LogP contribution is -2.21. The Bertz CT molecular complexity index is 1280. The Hall–Kier alpha value is -3.51. The highest BCUT2D eigenvalue weighted by Crippen LogP contribution is 2.38. The van der Waals surface area contributed by atoms with Crippen molar-refractivity contribution in [2.75, 3.05) is 5.32 Å². The molecule has 0 spiro atoms. The topological polar surface area (TPSA) is 71.1 Å². The number of nitrogens with one attached hydrogen (secondary N) is 2. The summed E-state index contributed by atoms with van der Waals surface area (Å²) in [5, 5.41) is 8.80. The van der Waals surface area contributed by atoms with E-state index in [1.165, 1.54) is 11.3 Å². The third-order valence-electron chi connectivity index (χ3n) is 5.29. The van der Waals surface area contributed by atoms with Crippen molar-refractivity contribution in [3.05, 3.63) is 94.1 Å². The first-order valence-electron chi connectivity index (χ1n) is 9.25. The molecule has 0 saturated carbocycles. The zero-order valence-corrected chi connectivity index (χ0v) is 16.4. The average Bonchev–Trinajstić information content (AvgIpc) is 3.31. The normalized spacial score (nSPS) is 15.2. The summed E-state index contributed by atoms with van der Waals surface area (Å²) < 4.78 is 0.963. The molecule has 1 aliphatic heterocycles. The van der Waals surface area contributed by atoms with Crippen LogP contribution in [-0.2, 0) is 0 Å². The second-order valence-corrected chi connectivity index (χ2v) is 7.92. The molecule has 5 nitrogen and oxygen atoms in total. The van der Waals surface area contributed by atoms with Crippen molar-refractivity contribution >= 4 is 38.9 Å². The number of benzene rings is 2. The van der Waals surface area contributed by atoms with Crippen LogP contribution in [0.4, 0.5) is 5.69 Å². The van der Waals surface area contributed by atoms with Gasteiger partial charge < -0.3 is 10.6 Å². The Morgan fingerprint density at radius 3 is 2.86 bits per heavy atom. The van der Waals surface area contributed by atoms with Gasteiger partial charge in [-0.3, -0.25) is 14.6 Å². The summed E-state index contributed by atoms with van der Waals surface area (Å²) in [6.07, 6.45) is 3.44. The van der Waals surface area contributed by atoms with E-state index in [1.807, 2.05) is 48.7 Å². The highest BCUT2D eigenvalue weighted by atomic mass is 32.1. The minimum Gasteiger partial charge on any atom is -0.341 e. The van der Waals surface area contributed by atoms with Crippen molar-refractivity contribution in [1.29, 1.82) is 0 Å². The number of fused-ring (bicyclic) bond motifs is 2. The highest BCUT2D eigenvalue weighted by Gasteiger charge is 2.33. The highest BCUT2D eigenvalue weighted by molar-refractivity contribution is 7.17. The van der Waals surface area contributed by atoms with E-state index in [4.69, 9.17) is 0 Å². The lowest BCUT2D eigenvalue weighted by molar-refractivity contribution is 0.0959. The number of aryl methyl sites for hydroxylation is 1. The number of carbonyl (C=O) groups excluding carboxylic acids is 2. The fourth-order valence-corrected chi connectivity index (χ4v) is 4.76. The van der Waals surface area contributed by atoms with Crippen LogP contribution in [0.2, 0.25) is 0 Å². The van der Waals surface area contributed by atoms with Gasteiger partial charge in [-0.2, -0.15) is 0 Å². The largest absolute Gasteiger partial charge is 0.341 e. The number of hydrogen-bond donors (Lipinski definition) is 2. The van der Waals surface area contributed by atoms with Gasteiger partial charge in [0.05, 0.1) is 16.3 Å². The quantitative estimate of drug-likeness (QED) is 0.525.